The summed E-state index contributed by atoms with van der Waals surface area (Å²) in [5, 5.41) is 0. The Hall–Kier alpha value is -0.770. The van der Waals surface area contributed by atoms with E-state index in [1.807, 2.05) is 0 Å². The Bertz CT molecular complexity index is 294. The van der Waals surface area contributed by atoms with Crippen LogP contribution in [0, 0.1) is 5.92 Å². The summed E-state index contributed by atoms with van der Waals surface area (Å²) in [7, 11) is 4.30. The first-order valence-electron chi connectivity index (χ1n) is 7.32. The van der Waals surface area contributed by atoms with Crippen LogP contribution >= 0.6 is 0 Å². The van der Waals surface area contributed by atoms with Crippen molar-refractivity contribution in [2.24, 2.45) is 16.6 Å². The maximum Gasteiger partial charge on any atom is 0.191 e. The van der Waals surface area contributed by atoms with Crippen molar-refractivity contribution in [3.8, 4) is 0 Å². The number of hydrogen-bond acceptors (Lipinski definition) is 2. The average molecular weight is 252 g/mol. The van der Waals surface area contributed by atoms with E-state index in [1.165, 1.54) is 32.1 Å². The van der Waals surface area contributed by atoms with E-state index in [0.29, 0.717) is 18.0 Å². The summed E-state index contributed by atoms with van der Waals surface area (Å²) in [4.78, 5) is 9.32. The Morgan fingerprint density at radius 1 is 1.17 bits per heavy atom. The van der Waals surface area contributed by atoms with Crippen LogP contribution in [0.15, 0.2) is 4.99 Å². The lowest BCUT2D eigenvalue weighted by Crippen LogP contribution is -2.39. The molecule has 1 heterocycles. The molecular formula is C14H28N4. The van der Waals surface area contributed by atoms with Gasteiger partial charge in [0.2, 0.25) is 0 Å². The van der Waals surface area contributed by atoms with Crippen LogP contribution in [0.1, 0.15) is 39.0 Å². The van der Waals surface area contributed by atoms with E-state index < -0.39 is 0 Å². The van der Waals surface area contributed by atoms with E-state index in [2.05, 4.69) is 30.8 Å². The van der Waals surface area contributed by atoms with E-state index in [4.69, 9.17) is 10.7 Å². The van der Waals surface area contributed by atoms with Gasteiger partial charge in [-0.05, 0) is 32.9 Å². The minimum Gasteiger partial charge on any atom is -0.370 e. The Morgan fingerprint density at radius 2 is 1.83 bits per heavy atom. The third-order valence-corrected chi connectivity index (χ3v) is 4.45. The van der Waals surface area contributed by atoms with Gasteiger partial charge in [-0.15, -0.1) is 0 Å². The van der Waals surface area contributed by atoms with E-state index >= 15 is 0 Å². The molecule has 18 heavy (non-hydrogen) atoms. The Balaban J connectivity index is 1.93. The molecule has 2 aliphatic rings. The van der Waals surface area contributed by atoms with E-state index in [9.17, 15) is 0 Å². The summed E-state index contributed by atoms with van der Waals surface area (Å²) < 4.78 is 0. The lowest BCUT2D eigenvalue weighted by atomic mass is 9.96. The largest absolute Gasteiger partial charge is 0.370 e. The molecule has 4 heteroatoms. The minimum atomic E-state index is 0.479. The fourth-order valence-corrected chi connectivity index (χ4v) is 3.29. The molecule has 2 atom stereocenters. The number of rotatable bonds is 2. The van der Waals surface area contributed by atoms with Crippen molar-refractivity contribution in [2.45, 2.75) is 51.1 Å². The van der Waals surface area contributed by atoms with Crippen LogP contribution in [0.2, 0.25) is 0 Å². The van der Waals surface area contributed by atoms with Crippen LogP contribution in [0.25, 0.3) is 0 Å². The number of guanidine groups is 1. The van der Waals surface area contributed by atoms with Crippen LogP contribution in [0.4, 0.5) is 0 Å². The Morgan fingerprint density at radius 3 is 2.39 bits per heavy atom. The summed E-state index contributed by atoms with van der Waals surface area (Å²) >= 11 is 0. The second kappa shape index (κ2) is 5.91. The molecule has 0 bridgehead atoms. The highest BCUT2D eigenvalue weighted by atomic mass is 15.3. The maximum absolute atomic E-state index is 6.19. The summed E-state index contributed by atoms with van der Waals surface area (Å²) in [5.74, 6) is 1.44. The number of hydrogen-bond donors (Lipinski definition) is 1. The van der Waals surface area contributed by atoms with Crippen molar-refractivity contribution in [1.29, 1.82) is 0 Å². The van der Waals surface area contributed by atoms with Gasteiger partial charge in [0, 0.05) is 19.1 Å². The highest BCUT2D eigenvalue weighted by molar-refractivity contribution is 5.78. The maximum atomic E-state index is 6.19. The van der Waals surface area contributed by atoms with Gasteiger partial charge in [-0.3, -0.25) is 0 Å². The fourth-order valence-electron chi connectivity index (χ4n) is 3.29. The first-order chi connectivity index (χ1) is 8.58. The molecule has 0 aromatic carbocycles. The summed E-state index contributed by atoms with van der Waals surface area (Å²) in [6.45, 7) is 4.37. The normalized spacial score (nSPS) is 31.3. The van der Waals surface area contributed by atoms with Crippen molar-refractivity contribution in [1.82, 2.24) is 9.80 Å². The predicted octanol–water partition coefficient (Wildman–Crippen LogP) is 1.52. The zero-order valence-corrected chi connectivity index (χ0v) is 12.1. The molecule has 0 spiro atoms. The van der Waals surface area contributed by atoms with E-state index in [0.717, 1.165) is 19.0 Å². The lowest BCUT2D eigenvalue weighted by molar-refractivity contribution is 0.262. The monoisotopic (exact) mass is 252 g/mol. The van der Waals surface area contributed by atoms with Gasteiger partial charge >= 0.3 is 0 Å². The third kappa shape index (κ3) is 3.16. The predicted molar refractivity (Wildman–Crippen MR) is 76.7 cm³/mol. The van der Waals surface area contributed by atoms with Crippen LogP contribution in [0.3, 0.4) is 0 Å². The molecule has 2 fully saturated rings. The third-order valence-electron chi connectivity index (χ3n) is 4.45. The second-order valence-electron chi connectivity index (χ2n) is 6.19. The number of likely N-dealkylation sites (N-methyl/N-ethyl adjacent to an activating group) is 1. The topological polar surface area (TPSA) is 44.9 Å². The molecule has 2 rings (SSSR count). The van der Waals surface area contributed by atoms with Gasteiger partial charge in [-0.25, -0.2) is 4.99 Å². The van der Waals surface area contributed by atoms with Crippen LogP contribution < -0.4 is 5.73 Å². The van der Waals surface area contributed by atoms with Gasteiger partial charge < -0.3 is 15.5 Å². The molecule has 0 aromatic rings. The number of nitrogens with two attached hydrogens (primary N) is 1. The molecule has 4 nitrogen and oxygen atoms in total. The molecule has 1 aliphatic heterocycles. The Kier molecular flexibility index (Phi) is 4.49. The molecule has 104 valence electrons. The quantitative estimate of drug-likeness (QED) is 0.598. The number of likely N-dealkylation sites (tertiary alicyclic amines) is 1. The minimum absolute atomic E-state index is 0.479. The van der Waals surface area contributed by atoms with Crippen molar-refractivity contribution in [3.63, 3.8) is 0 Å². The molecule has 1 saturated carbocycles. The highest BCUT2D eigenvalue weighted by Gasteiger charge is 2.32. The van der Waals surface area contributed by atoms with E-state index in [-0.39, 0.29) is 0 Å². The van der Waals surface area contributed by atoms with Crippen molar-refractivity contribution < 1.29 is 0 Å². The van der Waals surface area contributed by atoms with E-state index in [1.54, 1.807) is 0 Å². The van der Waals surface area contributed by atoms with Gasteiger partial charge in [0.25, 0.3) is 0 Å². The smallest absolute Gasteiger partial charge is 0.191 e. The zero-order chi connectivity index (χ0) is 13.1. The second-order valence-corrected chi connectivity index (χ2v) is 6.19. The van der Waals surface area contributed by atoms with Gasteiger partial charge in [0.15, 0.2) is 5.96 Å². The average Bonchev–Trinajstić information content (AvgIpc) is 2.73. The number of nitrogens with zero attached hydrogens (tertiary/aromatic N) is 3. The summed E-state index contributed by atoms with van der Waals surface area (Å²) in [6, 6.07) is 1.08. The lowest BCUT2D eigenvalue weighted by Gasteiger charge is -2.24. The molecule has 0 amide bonds. The van der Waals surface area contributed by atoms with Crippen LogP contribution in [0.5, 0.6) is 0 Å². The molecule has 1 aliphatic carbocycles. The van der Waals surface area contributed by atoms with Gasteiger partial charge in [-0.1, -0.05) is 26.2 Å². The SMILES string of the molecule is CC1CN(C(N)=NC2CCCCC2)CC1N(C)C. The van der Waals surface area contributed by atoms with Gasteiger partial charge in [0.1, 0.15) is 0 Å². The first kappa shape index (κ1) is 13.7. The molecule has 2 unspecified atom stereocenters. The molecular weight excluding hydrogens is 224 g/mol. The van der Waals surface area contributed by atoms with Crippen molar-refractivity contribution >= 4 is 5.96 Å². The summed E-state index contributed by atoms with van der Waals surface area (Å²) in [6.07, 6.45) is 6.45. The highest BCUT2D eigenvalue weighted by Crippen LogP contribution is 2.22. The fraction of sp³-hybridized carbons (Fsp3) is 0.929. The van der Waals surface area contributed by atoms with Crippen LogP contribution in [-0.2, 0) is 0 Å². The summed E-state index contributed by atoms with van der Waals surface area (Å²) in [5.41, 5.74) is 6.19. The first-order valence-corrected chi connectivity index (χ1v) is 7.32. The molecule has 1 saturated heterocycles. The van der Waals surface area contributed by atoms with Crippen molar-refractivity contribution in [3.05, 3.63) is 0 Å². The molecule has 0 radical (unpaired) electrons. The van der Waals surface area contributed by atoms with Crippen LogP contribution in [-0.4, -0.2) is 55.0 Å². The Labute approximate surface area is 111 Å². The zero-order valence-electron chi connectivity index (χ0n) is 12.1. The van der Waals surface area contributed by atoms with Gasteiger partial charge in [0.05, 0.1) is 6.04 Å². The van der Waals surface area contributed by atoms with Gasteiger partial charge in [-0.2, -0.15) is 0 Å². The van der Waals surface area contributed by atoms with Crippen molar-refractivity contribution in [2.75, 3.05) is 27.2 Å². The molecule has 2 N–H and O–H groups in total. The standard InChI is InChI=1S/C14H28N4/c1-11-9-18(10-13(11)17(2)3)14(15)16-12-7-5-4-6-8-12/h11-13H,4-10H2,1-3H3,(H2,15,16). The number of aliphatic imine (C=N–C) groups is 1. The molecule has 0 aromatic heterocycles.